The van der Waals surface area contributed by atoms with Crippen LogP contribution in [0.1, 0.15) is 34.0 Å². The molecular weight excluding hydrogens is 313 g/mol. The third-order valence-electron chi connectivity index (χ3n) is 3.69. The minimum atomic E-state index is -0.0365. The lowest BCUT2D eigenvalue weighted by Gasteiger charge is -2.37. The van der Waals surface area contributed by atoms with E-state index in [4.69, 9.17) is 23.2 Å². The lowest BCUT2D eigenvalue weighted by Crippen LogP contribution is -2.45. The zero-order chi connectivity index (χ0) is 14.1. The predicted octanol–water partition coefficient (Wildman–Crippen LogP) is 4.73. The van der Waals surface area contributed by atoms with Crippen LogP contribution in [0.5, 0.6) is 0 Å². The molecule has 0 radical (unpaired) electrons. The monoisotopic (exact) mass is 325 g/mol. The van der Waals surface area contributed by atoms with Gasteiger partial charge in [0.05, 0.1) is 9.21 Å². The van der Waals surface area contributed by atoms with Gasteiger partial charge in [-0.15, -0.1) is 11.3 Å². The largest absolute Gasteiger partial charge is 0.348 e. The summed E-state index contributed by atoms with van der Waals surface area (Å²) in [4.78, 5) is 12.8. The molecular formula is C15H13Cl2NOS. The number of thiophene rings is 1. The van der Waals surface area contributed by atoms with E-state index >= 15 is 0 Å². The van der Waals surface area contributed by atoms with Gasteiger partial charge in [0, 0.05) is 17.0 Å². The fraction of sp³-hybridized carbons (Fsp3) is 0.267. The molecule has 2 atom stereocenters. The second-order valence-corrected chi connectivity index (χ2v) is 7.07. The lowest BCUT2D eigenvalue weighted by molar-refractivity contribution is 0.0909. The van der Waals surface area contributed by atoms with Crippen molar-refractivity contribution in [3.8, 4) is 0 Å². The Morgan fingerprint density at radius 1 is 1.10 bits per heavy atom. The standard InChI is InChI=1S/C15H13Cl2NOS/c16-10-3-1-9(2-4-10)11-5-6-12(11)18-15(19)13-7-8-14(17)20-13/h1-4,7-8,11-12H,5-6H2,(H,18,19)/t11-,12-/m0/s1. The Morgan fingerprint density at radius 2 is 1.85 bits per heavy atom. The molecule has 1 amide bonds. The van der Waals surface area contributed by atoms with Crippen LogP contribution in [0.25, 0.3) is 0 Å². The Kier molecular flexibility index (Phi) is 4.01. The van der Waals surface area contributed by atoms with Gasteiger partial charge in [-0.05, 0) is 42.7 Å². The first-order valence-corrected chi connectivity index (χ1v) is 8.02. The van der Waals surface area contributed by atoms with Crippen LogP contribution < -0.4 is 5.32 Å². The van der Waals surface area contributed by atoms with Gasteiger partial charge in [-0.25, -0.2) is 0 Å². The molecule has 2 nitrogen and oxygen atoms in total. The Morgan fingerprint density at radius 3 is 2.40 bits per heavy atom. The van der Waals surface area contributed by atoms with Gasteiger partial charge in [-0.2, -0.15) is 0 Å². The van der Waals surface area contributed by atoms with E-state index in [2.05, 4.69) is 5.32 Å². The maximum atomic E-state index is 12.1. The highest BCUT2D eigenvalue weighted by atomic mass is 35.5. The van der Waals surface area contributed by atoms with Gasteiger partial charge in [0.2, 0.25) is 0 Å². The summed E-state index contributed by atoms with van der Waals surface area (Å²) >= 11 is 13.1. The maximum Gasteiger partial charge on any atom is 0.261 e. The molecule has 1 aliphatic carbocycles. The van der Waals surface area contributed by atoms with E-state index in [0.29, 0.717) is 15.1 Å². The summed E-state index contributed by atoms with van der Waals surface area (Å²) in [5.41, 5.74) is 1.23. The van der Waals surface area contributed by atoms with E-state index in [1.165, 1.54) is 16.9 Å². The average Bonchev–Trinajstić information content (AvgIpc) is 2.84. The smallest absolute Gasteiger partial charge is 0.261 e. The van der Waals surface area contributed by atoms with E-state index in [-0.39, 0.29) is 11.9 Å². The van der Waals surface area contributed by atoms with Crippen molar-refractivity contribution in [3.63, 3.8) is 0 Å². The van der Waals surface area contributed by atoms with Crippen molar-refractivity contribution in [2.45, 2.75) is 24.8 Å². The van der Waals surface area contributed by atoms with Crippen molar-refractivity contribution in [2.75, 3.05) is 0 Å². The average molecular weight is 326 g/mol. The number of carbonyl (C=O) groups excluding carboxylic acids is 1. The van der Waals surface area contributed by atoms with E-state index in [1.807, 2.05) is 24.3 Å². The van der Waals surface area contributed by atoms with Crippen LogP contribution in [0.2, 0.25) is 9.36 Å². The number of carbonyl (C=O) groups is 1. The van der Waals surface area contributed by atoms with Crippen LogP contribution in [-0.2, 0) is 0 Å². The fourth-order valence-corrected chi connectivity index (χ4v) is 3.53. The first kappa shape index (κ1) is 13.9. The highest BCUT2D eigenvalue weighted by molar-refractivity contribution is 7.18. The minimum absolute atomic E-state index is 0.0365. The molecule has 1 aliphatic rings. The van der Waals surface area contributed by atoms with Gasteiger partial charge < -0.3 is 5.32 Å². The van der Waals surface area contributed by atoms with Gasteiger partial charge in [0.15, 0.2) is 0 Å². The molecule has 0 spiro atoms. The van der Waals surface area contributed by atoms with Crippen LogP contribution in [0.4, 0.5) is 0 Å². The Balaban J connectivity index is 1.66. The van der Waals surface area contributed by atoms with Crippen molar-refractivity contribution >= 4 is 40.4 Å². The molecule has 1 saturated carbocycles. The van der Waals surface area contributed by atoms with Crippen LogP contribution in [-0.4, -0.2) is 11.9 Å². The Hall–Kier alpha value is -1.03. The third-order valence-corrected chi connectivity index (χ3v) is 5.17. The van der Waals surface area contributed by atoms with Crippen LogP contribution in [0.3, 0.4) is 0 Å². The summed E-state index contributed by atoms with van der Waals surface area (Å²) < 4.78 is 0.637. The molecule has 5 heteroatoms. The molecule has 20 heavy (non-hydrogen) atoms. The first-order valence-electron chi connectivity index (χ1n) is 6.45. The molecule has 3 rings (SSSR count). The molecule has 1 aromatic carbocycles. The number of nitrogens with one attached hydrogen (secondary N) is 1. The van der Waals surface area contributed by atoms with Crippen molar-refractivity contribution in [1.29, 1.82) is 0 Å². The van der Waals surface area contributed by atoms with Crippen molar-refractivity contribution < 1.29 is 4.79 Å². The number of halogens is 2. The highest BCUT2D eigenvalue weighted by Crippen LogP contribution is 2.37. The summed E-state index contributed by atoms with van der Waals surface area (Å²) in [6, 6.07) is 11.6. The first-order chi connectivity index (χ1) is 9.63. The third kappa shape index (κ3) is 2.85. The Bertz CT molecular complexity index is 623. The molecule has 1 aromatic heterocycles. The van der Waals surface area contributed by atoms with Crippen molar-refractivity contribution in [1.82, 2.24) is 5.32 Å². The number of rotatable bonds is 3. The summed E-state index contributed by atoms with van der Waals surface area (Å²) in [5.74, 6) is 0.345. The number of hydrogen-bond acceptors (Lipinski definition) is 2. The van der Waals surface area contributed by atoms with Crippen LogP contribution >= 0.6 is 34.5 Å². The SMILES string of the molecule is O=C(N[C@H]1CC[C@H]1c1ccc(Cl)cc1)c1ccc(Cl)s1. The zero-order valence-corrected chi connectivity index (χ0v) is 12.9. The molecule has 1 fully saturated rings. The molecule has 0 saturated heterocycles. The van der Waals surface area contributed by atoms with E-state index in [9.17, 15) is 4.79 Å². The fourth-order valence-electron chi connectivity index (χ4n) is 2.46. The topological polar surface area (TPSA) is 29.1 Å². The molecule has 0 bridgehead atoms. The van der Waals surface area contributed by atoms with E-state index < -0.39 is 0 Å². The molecule has 0 unspecified atom stereocenters. The van der Waals surface area contributed by atoms with Gasteiger partial charge in [-0.3, -0.25) is 4.79 Å². The lowest BCUT2D eigenvalue weighted by atomic mass is 9.75. The van der Waals surface area contributed by atoms with Gasteiger partial charge >= 0.3 is 0 Å². The molecule has 104 valence electrons. The quantitative estimate of drug-likeness (QED) is 0.868. The minimum Gasteiger partial charge on any atom is -0.348 e. The zero-order valence-electron chi connectivity index (χ0n) is 10.6. The van der Waals surface area contributed by atoms with E-state index in [1.54, 1.807) is 12.1 Å². The summed E-state index contributed by atoms with van der Waals surface area (Å²) in [5, 5.41) is 3.83. The van der Waals surface area contributed by atoms with Crippen LogP contribution in [0.15, 0.2) is 36.4 Å². The van der Waals surface area contributed by atoms with Crippen molar-refractivity contribution in [2.24, 2.45) is 0 Å². The number of amides is 1. The molecule has 2 aromatic rings. The highest BCUT2D eigenvalue weighted by Gasteiger charge is 2.33. The predicted molar refractivity (Wildman–Crippen MR) is 84.0 cm³/mol. The van der Waals surface area contributed by atoms with Gasteiger partial charge in [-0.1, -0.05) is 35.3 Å². The number of hydrogen-bond donors (Lipinski definition) is 1. The normalized spacial score (nSPS) is 21.3. The Labute approximate surface area is 131 Å². The van der Waals surface area contributed by atoms with Crippen molar-refractivity contribution in [3.05, 3.63) is 56.2 Å². The molecule has 1 N–H and O–H groups in total. The summed E-state index contributed by atoms with van der Waals surface area (Å²) in [7, 11) is 0. The van der Waals surface area contributed by atoms with Gasteiger partial charge in [0.1, 0.15) is 0 Å². The molecule has 1 heterocycles. The van der Waals surface area contributed by atoms with Gasteiger partial charge in [0.25, 0.3) is 5.91 Å². The summed E-state index contributed by atoms with van der Waals surface area (Å²) in [6.45, 7) is 0. The van der Waals surface area contributed by atoms with Crippen LogP contribution in [0, 0.1) is 0 Å². The van der Waals surface area contributed by atoms with E-state index in [0.717, 1.165) is 17.9 Å². The second kappa shape index (κ2) is 5.76. The molecule has 0 aliphatic heterocycles. The maximum absolute atomic E-state index is 12.1. The summed E-state index contributed by atoms with van der Waals surface area (Å²) in [6.07, 6.45) is 2.11. The second-order valence-electron chi connectivity index (χ2n) is 4.92. The number of benzene rings is 1.